The Morgan fingerprint density at radius 3 is 2.76 bits per heavy atom. The molecule has 7 nitrogen and oxygen atoms in total. The molecule has 0 spiro atoms. The Labute approximate surface area is 124 Å². The maximum absolute atomic E-state index is 11.9. The Morgan fingerprint density at radius 1 is 1.29 bits per heavy atom. The molecular formula is C14H24N2O5. The molecule has 0 N–H and O–H groups in total. The maximum atomic E-state index is 11.9. The van der Waals surface area contributed by atoms with Gasteiger partial charge in [-0.2, -0.15) is 4.98 Å². The molecule has 0 saturated heterocycles. The van der Waals surface area contributed by atoms with Gasteiger partial charge in [0.15, 0.2) is 5.82 Å². The highest BCUT2D eigenvalue weighted by atomic mass is 16.5. The molecule has 21 heavy (non-hydrogen) atoms. The van der Waals surface area contributed by atoms with Crippen molar-refractivity contribution < 1.29 is 23.5 Å². The van der Waals surface area contributed by atoms with Crippen LogP contribution in [-0.2, 0) is 25.4 Å². The van der Waals surface area contributed by atoms with Crippen molar-refractivity contribution in [3.63, 3.8) is 0 Å². The molecule has 0 aliphatic rings. The fourth-order valence-electron chi connectivity index (χ4n) is 1.79. The maximum Gasteiger partial charge on any atom is 0.318 e. The van der Waals surface area contributed by atoms with Crippen LogP contribution in [0.3, 0.4) is 0 Å². The summed E-state index contributed by atoms with van der Waals surface area (Å²) >= 11 is 0. The van der Waals surface area contributed by atoms with E-state index in [2.05, 4.69) is 10.1 Å². The van der Waals surface area contributed by atoms with E-state index < -0.39 is 5.92 Å². The summed E-state index contributed by atoms with van der Waals surface area (Å²) in [7, 11) is 1.62. The van der Waals surface area contributed by atoms with Gasteiger partial charge < -0.3 is 18.7 Å². The van der Waals surface area contributed by atoms with Crippen molar-refractivity contribution in [2.24, 2.45) is 0 Å². The zero-order valence-electron chi connectivity index (χ0n) is 13.0. The molecule has 1 atom stereocenters. The molecule has 7 heteroatoms. The van der Waals surface area contributed by atoms with E-state index in [1.54, 1.807) is 14.0 Å². The van der Waals surface area contributed by atoms with E-state index in [-0.39, 0.29) is 5.97 Å². The molecule has 0 radical (unpaired) electrons. The molecule has 120 valence electrons. The molecule has 1 aromatic heterocycles. The molecule has 0 saturated carbocycles. The van der Waals surface area contributed by atoms with E-state index >= 15 is 0 Å². The SMILES string of the molecule is CCCC(C(=O)OCC)c1nc(CCOCCOC)no1. The first kappa shape index (κ1) is 17.6. The Balaban J connectivity index is 2.51. The molecule has 1 aromatic rings. The normalized spacial score (nSPS) is 12.3. The van der Waals surface area contributed by atoms with Gasteiger partial charge in [0.25, 0.3) is 0 Å². The summed E-state index contributed by atoms with van der Waals surface area (Å²) in [5.41, 5.74) is 0. The van der Waals surface area contributed by atoms with Crippen LogP contribution in [0.4, 0.5) is 0 Å². The molecule has 0 aliphatic carbocycles. The van der Waals surface area contributed by atoms with Crippen LogP contribution in [0.2, 0.25) is 0 Å². The highest BCUT2D eigenvalue weighted by Gasteiger charge is 2.27. The highest BCUT2D eigenvalue weighted by Crippen LogP contribution is 2.21. The molecular weight excluding hydrogens is 276 g/mol. The first-order valence-corrected chi connectivity index (χ1v) is 7.28. The molecule has 0 aliphatic heterocycles. The van der Waals surface area contributed by atoms with Crippen molar-refractivity contribution in [2.45, 2.75) is 39.0 Å². The smallest absolute Gasteiger partial charge is 0.318 e. The minimum Gasteiger partial charge on any atom is -0.465 e. The lowest BCUT2D eigenvalue weighted by molar-refractivity contribution is -0.145. The molecule has 0 fully saturated rings. The predicted octanol–water partition coefficient (Wildman–Crippen LogP) is 1.72. The van der Waals surface area contributed by atoms with E-state index in [1.807, 2.05) is 6.92 Å². The highest BCUT2D eigenvalue weighted by molar-refractivity contribution is 5.76. The van der Waals surface area contributed by atoms with E-state index in [4.69, 9.17) is 18.7 Å². The van der Waals surface area contributed by atoms with E-state index in [1.165, 1.54) is 0 Å². The number of nitrogens with zero attached hydrogens (tertiary/aromatic N) is 2. The third-order valence-corrected chi connectivity index (χ3v) is 2.83. The molecule has 0 aromatic carbocycles. The van der Waals surface area contributed by atoms with Gasteiger partial charge in [0.2, 0.25) is 5.89 Å². The minimum atomic E-state index is -0.481. The number of methoxy groups -OCH3 is 1. The monoisotopic (exact) mass is 300 g/mol. The van der Waals surface area contributed by atoms with Crippen LogP contribution in [0.15, 0.2) is 4.52 Å². The van der Waals surface area contributed by atoms with Gasteiger partial charge in [0.1, 0.15) is 5.92 Å². The van der Waals surface area contributed by atoms with Crippen LogP contribution in [0, 0.1) is 0 Å². The van der Waals surface area contributed by atoms with Crippen molar-refractivity contribution >= 4 is 5.97 Å². The van der Waals surface area contributed by atoms with Gasteiger partial charge >= 0.3 is 5.97 Å². The number of hydrogen-bond acceptors (Lipinski definition) is 7. The van der Waals surface area contributed by atoms with Crippen molar-refractivity contribution in [1.29, 1.82) is 0 Å². The van der Waals surface area contributed by atoms with Gasteiger partial charge in [0, 0.05) is 13.5 Å². The summed E-state index contributed by atoms with van der Waals surface area (Å²) < 4.78 is 20.4. The van der Waals surface area contributed by atoms with Crippen LogP contribution in [0.5, 0.6) is 0 Å². The fraction of sp³-hybridized carbons (Fsp3) is 0.786. The van der Waals surface area contributed by atoms with Crippen molar-refractivity contribution in [1.82, 2.24) is 10.1 Å². The van der Waals surface area contributed by atoms with Gasteiger partial charge in [0.05, 0.1) is 26.4 Å². The second-order valence-corrected chi connectivity index (χ2v) is 4.50. The minimum absolute atomic E-state index is 0.314. The largest absolute Gasteiger partial charge is 0.465 e. The summed E-state index contributed by atoms with van der Waals surface area (Å²) in [5.74, 6) is 0.0616. The van der Waals surface area contributed by atoms with Crippen LogP contribution in [-0.4, -0.2) is 49.6 Å². The van der Waals surface area contributed by atoms with Gasteiger partial charge in [-0.3, -0.25) is 4.79 Å². The summed E-state index contributed by atoms with van der Waals surface area (Å²) in [6, 6.07) is 0. The molecule has 1 heterocycles. The average molecular weight is 300 g/mol. The average Bonchev–Trinajstić information content (AvgIpc) is 2.93. The Bertz CT molecular complexity index is 408. The van der Waals surface area contributed by atoms with Crippen molar-refractivity contribution in [3.05, 3.63) is 11.7 Å². The molecule has 0 bridgehead atoms. The van der Waals surface area contributed by atoms with Crippen LogP contribution in [0.25, 0.3) is 0 Å². The van der Waals surface area contributed by atoms with Gasteiger partial charge in [-0.05, 0) is 13.3 Å². The third kappa shape index (κ3) is 6.22. The van der Waals surface area contributed by atoms with Crippen molar-refractivity contribution in [3.8, 4) is 0 Å². The zero-order chi connectivity index (χ0) is 15.5. The first-order chi connectivity index (χ1) is 10.2. The summed E-state index contributed by atoms with van der Waals surface area (Å²) in [6.07, 6.45) is 2.00. The van der Waals surface area contributed by atoms with Crippen molar-refractivity contribution in [2.75, 3.05) is 33.5 Å². The number of carbonyl (C=O) groups excluding carboxylic acids is 1. The molecule has 0 amide bonds. The predicted molar refractivity (Wildman–Crippen MR) is 75.0 cm³/mol. The number of ether oxygens (including phenoxy) is 3. The lowest BCUT2D eigenvalue weighted by Crippen LogP contribution is -2.16. The van der Waals surface area contributed by atoms with Crippen LogP contribution < -0.4 is 0 Å². The third-order valence-electron chi connectivity index (χ3n) is 2.83. The summed E-state index contributed by atoms with van der Waals surface area (Å²) in [5, 5.41) is 3.87. The zero-order valence-corrected chi connectivity index (χ0v) is 13.0. The van der Waals surface area contributed by atoms with E-state index in [0.717, 1.165) is 6.42 Å². The Hall–Kier alpha value is -1.47. The lowest BCUT2D eigenvalue weighted by atomic mass is 10.0. The topological polar surface area (TPSA) is 83.7 Å². The summed E-state index contributed by atoms with van der Waals surface area (Å²) in [4.78, 5) is 16.1. The quantitative estimate of drug-likeness (QED) is 0.454. The van der Waals surface area contributed by atoms with Gasteiger partial charge in [-0.15, -0.1) is 0 Å². The Kier molecular flexibility index (Phi) is 8.61. The van der Waals surface area contributed by atoms with E-state index in [0.29, 0.717) is 51.0 Å². The summed E-state index contributed by atoms with van der Waals surface area (Å²) in [6.45, 7) is 5.68. The number of carbonyl (C=O) groups is 1. The number of rotatable bonds is 11. The molecule has 1 unspecified atom stereocenters. The van der Waals surface area contributed by atoms with E-state index in [9.17, 15) is 4.79 Å². The van der Waals surface area contributed by atoms with Gasteiger partial charge in [-0.1, -0.05) is 18.5 Å². The number of esters is 1. The standard InChI is InChI=1S/C14H24N2O5/c1-4-6-11(14(17)20-5-2)13-15-12(16-21-13)7-8-19-10-9-18-3/h11H,4-10H2,1-3H3. The van der Waals surface area contributed by atoms with Crippen LogP contribution in [0.1, 0.15) is 44.3 Å². The van der Waals surface area contributed by atoms with Crippen LogP contribution >= 0.6 is 0 Å². The second-order valence-electron chi connectivity index (χ2n) is 4.50. The molecule has 1 rings (SSSR count). The van der Waals surface area contributed by atoms with Gasteiger partial charge in [-0.25, -0.2) is 0 Å². The Morgan fingerprint density at radius 2 is 2.10 bits per heavy atom. The fourth-order valence-corrected chi connectivity index (χ4v) is 1.79. The number of aromatic nitrogens is 2. The first-order valence-electron chi connectivity index (χ1n) is 7.28. The lowest BCUT2D eigenvalue weighted by Gasteiger charge is -2.09. The second kappa shape index (κ2) is 10.3. The number of hydrogen-bond donors (Lipinski definition) is 0.